The van der Waals surface area contributed by atoms with Crippen molar-refractivity contribution in [3.8, 4) is 0 Å². The molecule has 1 unspecified atom stereocenters. The van der Waals surface area contributed by atoms with Crippen LogP contribution in [0.5, 0.6) is 0 Å². The highest BCUT2D eigenvalue weighted by Crippen LogP contribution is 2.27. The van der Waals surface area contributed by atoms with Gasteiger partial charge in [0.1, 0.15) is 5.82 Å². The van der Waals surface area contributed by atoms with E-state index in [-0.39, 0.29) is 11.8 Å². The molecule has 0 saturated carbocycles. The highest BCUT2D eigenvalue weighted by atomic mass is 32.1. The van der Waals surface area contributed by atoms with Crippen LogP contribution >= 0.6 is 11.5 Å². The van der Waals surface area contributed by atoms with E-state index in [4.69, 9.17) is 5.73 Å². The second-order valence-electron chi connectivity index (χ2n) is 4.40. The fraction of sp³-hybridized carbons (Fsp3) is 0.700. The van der Waals surface area contributed by atoms with E-state index in [1.165, 1.54) is 11.5 Å². The molecule has 1 aliphatic heterocycles. The van der Waals surface area contributed by atoms with Gasteiger partial charge in [0.05, 0.1) is 0 Å². The van der Waals surface area contributed by atoms with Gasteiger partial charge in [0.25, 0.3) is 0 Å². The molecule has 0 bridgehead atoms. The largest absolute Gasteiger partial charge is 0.330 e. The van der Waals surface area contributed by atoms with Gasteiger partial charge in [-0.3, -0.25) is 9.69 Å². The summed E-state index contributed by atoms with van der Waals surface area (Å²) >= 11 is 1.29. The number of carbonyl (C=O) groups is 1. The van der Waals surface area contributed by atoms with Crippen LogP contribution in [0.2, 0.25) is 0 Å². The van der Waals surface area contributed by atoms with E-state index < -0.39 is 0 Å². The predicted octanol–water partition coefficient (Wildman–Crippen LogP) is 0.973. The zero-order valence-electron chi connectivity index (χ0n) is 9.51. The Bertz CT molecular complexity index is 390. The molecule has 2 rings (SSSR count). The van der Waals surface area contributed by atoms with Crippen molar-refractivity contribution >= 4 is 22.6 Å². The van der Waals surface area contributed by atoms with Crippen molar-refractivity contribution in [1.82, 2.24) is 9.36 Å². The van der Waals surface area contributed by atoms with Crippen LogP contribution in [0, 0.1) is 5.92 Å². The summed E-state index contributed by atoms with van der Waals surface area (Å²) < 4.78 is 4.25. The average molecular weight is 240 g/mol. The molecule has 2 N–H and O–H groups in total. The smallest absolute Gasteiger partial charge is 0.229 e. The van der Waals surface area contributed by atoms with E-state index in [9.17, 15) is 4.79 Å². The van der Waals surface area contributed by atoms with Crippen LogP contribution in [0.1, 0.15) is 32.0 Å². The van der Waals surface area contributed by atoms with Crippen molar-refractivity contribution in [2.75, 3.05) is 18.0 Å². The normalized spacial score (nSPS) is 21.1. The Morgan fingerprint density at radius 1 is 1.62 bits per heavy atom. The van der Waals surface area contributed by atoms with Gasteiger partial charge in [-0.15, -0.1) is 0 Å². The number of nitrogens with zero attached hydrogens (tertiary/aromatic N) is 3. The minimum atomic E-state index is 0.113. The fourth-order valence-corrected chi connectivity index (χ4v) is 2.53. The van der Waals surface area contributed by atoms with E-state index in [1.807, 2.05) is 13.8 Å². The summed E-state index contributed by atoms with van der Waals surface area (Å²) in [5, 5.41) is 0.713. The molecule has 0 spiro atoms. The van der Waals surface area contributed by atoms with E-state index in [2.05, 4.69) is 9.36 Å². The lowest BCUT2D eigenvalue weighted by molar-refractivity contribution is -0.117. The van der Waals surface area contributed by atoms with Gasteiger partial charge in [-0.1, -0.05) is 13.8 Å². The number of amides is 1. The van der Waals surface area contributed by atoms with Crippen LogP contribution in [0.4, 0.5) is 5.13 Å². The van der Waals surface area contributed by atoms with Crippen LogP contribution in [-0.2, 0) is 4.79 Å². The van der Waals surface area contributed by atoms with Crippen LogP contribution in [0.25, 0.3) is 0 Å². The molecular weight excluding hydrogens is 224 g/mol. The van der Waals surface area contributed by atoms with Gasteiger partial charge < -0.3 is 5.73 Å². The summed E-state index contributed by atoms with van der Waals surface area (Å²) in [6.07, 6.45) is 0.535. The number of nitrogens with two attached hydrogens (primary N) is 1. The fourth-order valence-electron chi connectivity index (χ4n) is 1.69. The van der Waals surface area contributed by atoms with E-state index in [0.29, 0.717) is 30.6 Å². The van der Waals surface area contributed by atoms with Crippen LogP contribution in [0.15, 0.2) is 0 Å². The van der Waals surface area contributed by atoms with Crippen molar-refractivity contribution in [2.24, 2.45) is 11.7 Å². The molecule has 1 aromatic rings. The molecule has 2 heterocycles. The summed E-state index contributed by atoms with van der Waals surface area (Å²) in [4.78, 5) is 17.8. The molecule has 1 amide bonds. The number of anilines is 1. The number of hydrogen-bond donors (Lipinski definition) is 1. The van der Waals surface area contributed by atoms with Gasteiger partial charge in [-0.05, 0) is 12.5 Å². The molecular formula is C10H16N4OS. The highest BCUT2D eigenvalue weighted by Gasteiger charge is 2.31. The average Bonchev–Trinajstić information content (AvgIpc) is 2.83. The summed E-state index contributed by atoms with van der Waals surface area (Å²) in [5.74, 6) is 1.48. The number of rotatable bonds is 3. The molecule has 6 heteroatoms. The molecule has 5 nitrogen and oxygen atoms in total. The van der Waals surface area contributed by atoms with E-state index >= 15 is 0 Å². The standard InChI is InChI=1S/C10H16N4OS/c1-6(2)9-12-10(16-13-9)14-5-7(4-11)3-8(14)15/h6-7H,3-5,11H2,1-2H3. The topological polar surface area (TPSA) is 72.1 Å². The number of carbonyl (C=O) groups excluding carboxylic acids is 1. The number of hydrogen-bond acceptors (Lipinski definition) is 5. The summed E-state index contributed by atoms with van der Waals surface area (Å²) in [6, 6.07) is 0. The van der Waals surface area contributed by atoms with Crippen LogP contribution in [0.3, 0.4) is 0 Å². The van der Waals surface area contributed by atoms with Gasteiger partial charge in [0.2, 0.25) is 11.0 Å². The SMILES string of the molecule is CC(C)c1nsc(N2CC(CN)CC2=O)n1. The Hall–Kier alpha value is -1.01. The van der Waals surface area contributed by atoms with Gasteiger partial charge in [0, 0.05) is 30.4 Å². The lowest BCUT2D eigenvalue weighted by atomic mass is 10.1. The molecule has 0 aliphatic carbocycles. The molecule has 88 valence electrons. The van der Waals surface area contributed by atoms with Crippen molar-refractivity contribution in [3.63, 3.8) is 0 Å². The molecule has 1 aliphatic rings. The lowest BCUT2D eigenvalue weighted by Gasteiger charge is -2.11. The maximum Gasteiger partial charge on any atom is 0.229 e. The lowest BCUT2D eigenvalue weighted by Crippen LogP contribution is -2.25. The molecule has 1 fully saturated rings. The van der Waals surface area contributed by atoms with Crippen molar-refractivity contribution in [2.45, 2.75) is 26.2 Å². The van der Waals surface area contributed by atoms with E-state index in [0.717, 1.165) is 5.82 Å². The quantitative estimate of drug-likeness (QED) is 0.854. The Morgan fingerprint density at radius 2 is 2.38 bits per heavy atom. The molecule has 1 atom stereocenters. The Labute approximate surface area is 98.8 Å². The van der Waals surface area contributed by atoms with Crippen molar-refractivity contribution in [1.29, 1.82) is 0 Å². The zero-order chi connectivity index (χ0) is 11.7. The summed E-state index contributed by atoms with van der Waals surface area (Å²) in [7, 11) is 0. The Balaban J connectivity index is 2.15. The first-order valence-corrected chi connectivity index (χ1v) is 6.23. The second kappa shape index (κ2) is 4.47. The maximum absolute atomic E-state index is 11.7. The monoisotopic (exact) mass is 240 g/mol. The third-order valence-corrected chi connectivity index (χ3v) is 3.47. The second-order valence-corrected chi connectivity index (χ2v) is 5.13. The Morgan fingerprint density at radius 3 is 2.88 bits per heavy atom. The number of aromatic nitrogens is 2. The molecule has 0 aromatic carbocycles. The third-order valence-electron chi connectivity index (χ3n) is 2.72. The first-order chi connectivity index (χ1) is 7.61. The maximum atomic E-state index is 11.7. The minimum absolute atomic E-state index is 0.113. The third kappa shape index (κ3) is 2.08. The van der Waals surface area contributed by atoms with E-state index in [1.54, 1.807) is 4.90 Å². The van der Waals surface area contributed by atoms with Gasteiger partial charge in [0.15, 0.2) is 0 Å². The first kappa shape index (κ1) is 11.5. The molecule has 16 heavy (non-hydrogen) atoms. The van der Waals surface area contributed by atoms with Crippen LogP contribution < -0.4 is 10.6 Å². The van der Waals surface area contributed by atoms with Gasteiger partial charge in [-0.2, -0.15) is 4.37 Å². The van der Waals surface area contributed by atoms with Crippen molar-refractivity contribution in [3.05, 3.63) is 5.82 Å². The Kier molecular flexibility index (Phi) is 3.20. The van der Waals surface area contributed by atoms with Crippen LogP contribution in [-0.4, -0.2) is 28.4 Å². The molecule has 1 aromatic heterocycles. The summed E-state index contributed by atoms with van der Waals surface area (Å²) in [6.45, 7) is 5.32. The highest BCUT2D eigenvalue weighted by molar-refractivity contribution is 7.09. The summed E-state index contributed by atoms with van der Waals surface area (Å²) in [5.41, 5.74) is 5.58. The van der Waals surface area contributed by atoms with Crippen molar-refractivity contribution < 1.29 is 4.79 Å². The van der Waals surface area contributed by atoms with Gasteiger partial charge in [-0.25, -0.2) is 4.98 Å². The first-order valence-electron chi connectivity index (χ1n) is 5.46. The molecule has 0 radical (unpaired) electrons. The minimum Gasteiger partial charge on any atom is -0.330 e. The predicted molar refractivity (Wildman–Crippen MR) is 63.5 cm³/mol. The zero-order valence-corrected chi connectivity index (χ0v) is 10.3. The van der Waals surface area contributed by atoms with Gasteiger partial charge >= 0.3 is 0 Å². The molecule has 1 saturated heterocycles.